The highest BCUT2D eigenvalue weighted by Gasteiger charge is 2.36. The maximum Gasteiger partial charge on any atom is 0.326 e. The first-order valence-corrected chi connectivity index (χ1v) is 19.2. The molecular weight excluding hydrogens is 780 g/mol. The molecule has 9 atom stereocenters. The van der Waals surface area contributed by atoms with Gasteiger partial charge in [0.05, 0.1) is 32.1 Å². The van der Waals surface area contributed by atoms with Crippen LogP contribution < -0.4 is 43.0 Å². The fourth-order valence-electron chi connectivity index (χ4n) is 4.75. The van der Waals surface area contributed by atoms with Crippen LogP contribution >= 0.6 is 11.8 Å². The molecule has 0 bridgehead atoms. The Labute approximate surface area is 332 Å². The molecule has 0 aromatic rings. The number of hydrogen-bond acceptors (Lipinski definition) is 14. The Balaban J connectivity index is 6.13. The smallest absolute Gasteiger partial charge is 0.326 e. The molecule has 14 N–H and O–H groups in total. The van der Waals surface area contributed by atoms with E-state index in [1.807, 2.05) is 0 Å². The van der Waals surface area contributed by atoms with Crippen molar-refractivity contribution in [2.45, 2.75) is 109 Å². The van der Waals surface area contributed by atoms with Crippen LogP contribution in [0.5, 0.6) is 0 Å². The molecule has 0 spiro atoms. The van der Waals surface area contributed by atoms with E-state index in [2.05, 4.69) is 37.2 Å². The Morgan fingerprint density at radius 3 is 1.58 bits per heavy atom. The Hall–Kier alpha value is -5.07. The van der Waals surface area contributed by atoms with Gasteiger partial charge in [0, 0.05) is 0 Å². The highest BCUT2D eigenvalue weighted by atomic mass is 32.2. The zero-order valence-corrected chi connectivity index (χ0v) is 33.3. The van der Waals surface area contributed by atoms with E-state index < -0.39 is 145 Å². The number of carboxylic acids is 3. The predicted octanol–water partition coefficient (Wildman–Crippen LogP) is -4.80. The lowest BCUT2D eigenvalue weighted by Crippen LogP contribution is -2.61. The first-order valence-electron chi connectivity index (χ1n) is 17.8. The SMILES string of the molecule is CC[C@H](C)[C@H](NC(=O)[C@H](CO)NC(=O)CNC(=O)[C@@H](N)[C@@H](C)O)C(=O)N[C@@H](CC(=O)O)C(=O)N[C@@H](CCSC)C(=O)N[C@H](C(=O)N[C@@H](CC(=O)O)C(=O)O)C(C)C. The molecule has 0 heterocycles. The van der Waals surface area contributed by atoms with Crippen LogP contribution in [0.1, 0.15) is 60.3 Å². The Morgan fingerprint density at radius 1 is 0.632 bits per heavy atom. The van der Waals surface area contributed by atoms with E-state index in [9.17, 15) is 68.4 Å². The summed E-state index contributed by atoms with van der Waals surface area (Å²) in [7, 11) is 0. The summed E-state index contributed by atoms with van der Waals surface area (Å²) in [4.78, 5) is 125. The van der Waals surface area contributed by atoms with Crippen LogP contribution in [0.2, 0.25) is 0 Å². The summed E-state index contributed by atoms with van der Waals surface area (Å²) in [6.07, 6.45) is -1.30. The topological polar surface area (TPSA) is 382 Å². The van der Waals surface area contributed by atoms with Crippen molar-refractivity contribution in [1.82, 2.24) is 37.2 Å². The zero-order valence-electron chi connectivity index (χ0n) is 32.5. The minimum absolute atomic E-state index is 0.0630. The minimum atomic E-state index is -1.83. The zero-order chi connectivity index (χ0) is 44.2. The van der Waals surface area contributed by atoms with Crippen molar-refractivity contribution in [3.05, 3.63) is 0 Å². The Morgan fingerprint density at radius 2 is 1.11 bits per heavy atom. The number of carbonyl (C=O) groups excluding carboxylic acids is 7. The molecule has 0 aromatic heterocycles. The third-order valence-corrected chi connectivity index (χ3v) is 9.01. The fraction of sp³-hybridized carbons (Fsp3) is 0.697. The molecule has 0 aromatic carbocycles. The number of aliphatic carboxylic acids is 3. The number of carbonyl (C=O) groups is 10. The van der Waals surface area contributed by atoms with Gasteiger partial charge in [0.25, 0.3) is 0 Å². The maximum absolute atomic E-state index is 13.6. The number of thioether (sulfide) groups is 1. The summed E-state index contributed by atoms with van der Waals surface area (Å²) in [6.45, 7) is 5.80. The molecule has 57 heavy (non-hydrogen) atoms. The monoisotopic (exact) mass is 836 g/mol. The average molecular weight is 837 g/mol. The molecule has 0 saturated heterocycles. The van der Waals surface area contributed by atoms with Crippen LogP contribution in [0.25, 0.3) is 0 Å². The third kappa shape index (κ3) is 19.1. The van der Waals surface area contributed by atoms with Crippen LogP contribution in [-0.2, 0) is 47.9 Å². The van der Waals surface area contributed by atoms with E-state index in [1.54, 1.807) is 13.2 Å². The first kappa shape index (κ1) is 51.9. The number of carboxylic acid groups (broad SMARTS) is 3. The van der Waals surface area contributed by atoms with Gasteiger partial charge < -0.3 is 68.5 Å². The van der Waals surface area contributed by atoms with Gasteiger partial charge in [-0.15, -0.1) is 0 Å². The van der Waals surface area contributed by atoms with E-state index in [0.717, 1.165) is 0 Å². The van der Waals surface area contributed by atoms with Crippen molar-refractivity contribution in [3.63, 3.8) is 0 Å². The fourth-order valence-corrected chi connectivity index (χ4v) is 5.22. The maximum atomic E-state index is 13.6. The highest BCUT2D eigenvalue weighted by Crippen LogP contribution is 2.11. The number of aliphatic hydroxyl groups is 2. The van der Waals surface area contributed by atoms with Crippen LogP contribution in [0.4, 0.5) is 0 Å². The quantitative estimate of drug-likeness (QED) is 0.0369. The van der Waals surface area contributed by atoms with Gasteiger partial charge in [-0.05, 0) is 37.2 Å². The van der Waals surface area contributed by atoms with E-state index in [0.29, 0.717) is 0 Å². The average Bonchev–Trinajstić information content (AvgIpc) is 3.13. The van der Waals surface area contributed by atoms with Gasteiger partial charge in [-0.2, -0.15) is 11.8 Å². The summed E-state index contributed by atoms with van der Waals surface area (Å²) in [5.74, 6) is -12.8. The molecule has 24 heteroatoms. The standard InChI is InChI=1S/C33H56N8O15S/c1-7-15(4)26(41-29(51)20(13-42)36-21(44)12-35-30(52)24(34)16(5)43)32(54)38-18(10-22(45)46)28(50)37-17(8-9-57-6)27(49)40-25(14(2)3)31(53)39-19(33(55)56)11-23(47)48/h14-20,24-26,42-43H,7-13,34H2,1-6H3,(H,35,52)(H,36,44)(H,37,50)(H,38,54)(H,39,53)(H,40,49)(H,41,51)(H,45,46)(H,47,48)(H,55,56)/t15-,16+,17-,18-,19-,20-,24-,25-,26-/m0/s1. The van der Waals surface area contributed by atoms with Crippen molar-refractivity contribution < 1.29 is 73.5 Å². The number of nitrogens with two attached hydrogens (primary N) is 1. The van der Waals surface area contributed by atoms with Crippen LogP contribution in [-0.4, -0.2) is 158 Å². The number of aliphatic hydroxyl groups excluding tert-OH is 2. The van der Waals surface area contributed by atoms with Crippen molar-refractivity contribution in [3.8, 4) is 0 Å². The van der Waals surface area contributed by atoms with Gasteiger partial charge in [0.15, 0.2) is 0 Å². The van der Waals surface area contributed by atoms with Crippen molar-refractivity contribution in [2.75, 3.05) is 25.2 Å². The van der Waals surface area contributed by atoms with Crippen LogP contribution in [0.15, 0.2) is 0 Å². The second kappa shape index (κ2) is 26.0. The third-order valence-electron chi connectivity index (χ3n) is 8.37. The van der Waals surface area contributed by atoms with E-state index >= 15 is 0 Å². The van der Waals surface area contributed by atoms with Gasteiger partial charge in [0.1, 0.15) is 42.3 Å². The molecule has 324 valence electrons. The molecular formula is C33H56N8O15S. The Kier molecular flexibility index (Phi) is 23.7. The summed E-state index contributed by atoms with van der Waals surface area (Å²) in [6, 6.07) is -10.9. The lowest BCUT2D eigenvalue weighted by atomic mass is 9.97. The summed E-state index contributed by atoms with van der Waals surface area (Å²) in [5.41, 5.74) is 5.50. The van der Waals surface area contributed by atoms with Crippen LogP contribution in [0.3, 0.4) is 0 Å². The Bertz CT molecular complexity index is 1450. The van der Waals surface area contributed by atoms with Crippen molar-refractivity contribution >= 4 is 71.0 Å². The lowest BCUT2D eigenvalue weighted by molar-refractivity contribution is -0.147. The number of amides is 7. The number of rotatable bonds is 27. The second-order valence-corrected chi connectivity index (χ2v) is 14.4. The summed E-state index contributed by atoms with van der Waals surface area (Å²) in [5, 5.41) is 62.9. The molecule has 0 aliphatic rings. The van der Waals surface area contributed by atoms with E-state index in [-0.39, 0.29) is 18.6 Å². The minimum Gasteiger partial charge on any atom is -0.481 e. The van der Waals surface area contributed by atoms with Gasteiger partial charge in [-0.3, -0.25) is 43.2 Å². The molecule has 0 radical (unpaired) electrons. The van der Waals surface area contributed by atoms with Gasteiger partial charge >= 0.3 is 17.9 Å². The molecule has 0 fully saturated rings. The molecule has 0 unspecified atom stereocenters. The first-order chi connectivity index (χ1) is 26.5. The normalized spacial score (nSPS) is 15.8. The van der Waals surface area contributed by atoms with Crippen molar-refractivity contribution in [1.29, 1.82) is 0 Å². The molecule has 7 amide bonds. The molecule has 0 rings (SSSR count). The van der Waals surface area contributed by atoms with Gasteiger partial charge in [-0.1, -0.05) is 34.1 Å². The lowest BCUT2D eigenvalue weighted by Gasteiger charge is -2.29. The predicted molar refractivity (Wildman–Crippen MR) is 201 cm³/mol. The van der Waals surface area contributed by atoms with E-state index in [1.165, 1.54) is 39.5 Å². The largest absolute Gasteiger partial charge is 0.481 e. The van der Waals surface area contributed by atoms with Crippen molar-refractivity contribution in [2.24, 2.45) is 17.6 Å². The second-order valence-electron chi connectivity index (χ2n) is 13.4. The van der Waals surface area contributed by atoms with E-state index in [4.69, 9.17) is 10.8 Å². The molecule has 0 aliphatic carbocycles. The number of hydrogen-bond donors (Lipinski definition) is 13. The van der Waals surface area contributed by atoms with Gasteiger partial charge in [-0.25, -0.2) is 4.79 Å². The molecule has 0 saturated carbocycles. The van der Waals surface area contributed by atoms with Crippen LogP contribution in [0, 0.1) is 11.8 Å². The molecule has 23 nitrogen and oxygen atoms in total. The number of nitrogens with one attached hydrogen (secondary N) is 7. The van der Waals surface area contributed by atoms with Gasteiger partial charge in [0.2, 0.25) is 41.4 Å². The highest BCUT2D eigenvalue weighted by molar-refractivity contribution is 7.98. The summed E-state index contributed by atoms with van der Waals surface area (Å²) < 4.78 is 0. The molecule has 0 aliphatic heterocycles. The summed E-state index contributed by atoms with van der Waals surface area (Å²) >= 11 is 1.27.